The Kier molecular flexibility index (Phi) is 7.00. The molecule has 0 spiro atoms. The van der Waals surface area contributed by atoms with Gasteiger partial charge in [-0.2, -0.15) is 0 Å². The number of hydrogen-bond acceptors (Lipinski definition) is 6. The van der Waals surface area contributed by atoms with Crippen LogP contribution in [0.3, 0.4) is 0 Å². The largest absolute Gasteiger partial charge is 0.379 e. The second-order valence-corrected chi connectivity index (χ2v) is 10.3. The molecule has 5 aromatic rings. The summed E-state index contributed by atoms with van der Waals surface area (Å²) in [6.45, 7) is 6.69. The van der Waals surface area contributed by atoms with Gasteiger partial charge >= 0.3 is 0 Å². The summed E-state index contributed by atoms with van der Waals surface area (Å²) in [6, 6.07) is 22.8. The Labute approximate surface area is 225 Å². The number of morpholine rings is 1. The summed E-state index contributed by atoms with van der Waals surface area (Å²) in [5, 5.41) is 7.68. The summed E-state index contributed by atoms with van der Waals surface area (Å²) in [4.78, 5) is 25.8. The fourth-order valence-electron chi connectivity index (χ4n) is 4.95. The molecule has 1 aliphatic rings. The lowest BCUT2D eigenvalue weighted by atomic mass is 10.0. The summed E-state index contributed by atoms with van der Waals surface area (Å²) >= 11 is 1.40. The van der Waals surface area contributed by atoms with Gasteiger partial charge in [0.25, 0.3) is 5.91 Å². The standard InChI is InChI=1S/C30H29N5O2S/c1-21-9-11-23(12-10-21)26-27(29(36)33-30-31-13-20-38-30)35(15-14-34-16-18-37-19-17-34)28(32-26)25-8-4-6-22-5-2-3-7-24(22)25/h2-13,20H,14-19H2,1H3,(H,31,33,36). The van der Waals surface area contributed by atoms with Gasteiger partial charge in [0.1, 0.15) is 17.2 Å². The van der Waals surface area contributed by atoms with Crippen molar-refractivity contribution in [1.82, 2.24) is 19.4 Å². The van der Waals surface area contributed by atoms with Gasteiger partial charge < -0.3 is 9.30 Å². The summed E-state index contributed by atoms with van der Waals surface area (Å²) in [6.07, 6.45) is 1.69. The third-order valence-corrected chi connectivity index (χ3v) is 7.62. The lowest BCUT2D eigenvalue weighted by Crippen LogP contribution is -2.38. The van der Waals surface area contributed by atoms with Crippen LogP contribution in [0.4, 0.5) is 5.13 Å². The maximum Gasteiger partial charge on any atom is 0.276 e. The molecule has 192 valence electrons. The quantitative estimate of drug-likeness (QED) is 0.295. The van der Waals surface area contributed by atoms with Crippen molar-refractivity contribution in [2.75, 3.05) is 38.2 Å². The SMILES string of the molecule is Cc1ccc(-c2nc(-c3cccc4ccccc34)n(CCN3CCOCC3)c2C(=O)Nc2nccs2)cc1. The number of aryl methyl sites for hydroxylation is 1. The fourth-order valence-corrected chi connectivity index (χ4v) is 5.47. The maximum atomic E-state index is 13.9. The lowest BCUT2D eigenvalue weighted by Gasteiger charge is -2.27. The molecule has 3 heterocycles. The molecule has 1 N–H and O–H groups in total. The number of rotatable bonds is 7. The average molecular weight is 524 g/mol. The van der Waals surface area contributed by atoms with Crippen molar-refractivity contribution >= 4 is 33.1 Å². The van der Waals surface area contributed by atoms with Crippen molar-refractivity contribution in [3.05, 3.63) is 89.6 Å². The van der Waals surface area contributed by atoms with E-state index < -0.39 is 0 Å². The first kappa shape index (κ1) is 24.5. The number of aromatic nitrogens is 3. The van der Waals surface area contributed by atoms with Gasteiger partial charge in [0.05, 0.1) is 13.2 Å². The Morgan fingerprint density at radius 3 is 2.58 bits per heavy atom. The Morgan fingerprint density at radius 1 is 1.00 bits per heavy atom. The summed E-state index contributed by atoms with van der Waals surface area (Å²) in [7, 11) is 0. The first-order valence-corrected chi connectivity index (χ1v) is 13.7. The van der Waals surface area contributed by atoms with Crippen LogP contribution in [0.25, 0.3) is 33.4 Å². The first-order chi connectivity index (χ1) is 18.7. The topological polar surface area (TPSA) is 72.3 Å². The molecule has 38 heavy (non-hydrogen) atoms. The molecule has 2 aromatic heterocycles. The molecule has 0 unspecified atom stereocenters. The number of carbonyl (C=O) groups excluding carboxylic acids is 1. The zero-order chi connectivity index (χ0) is 25.9. The van der Waals surface area contributed by atoms with E-state index in [0.29, 0.717) is 23.1 Å². The van der Waals surface area contributed by atoms with Gasteiger partial charge in [-0.25, -0.2) is 9.97 Å². The number of anilines is 1. The molecule has 3 aromatic carbocycles. The van der Waals surface area contributed by atoms with E-state index in [1.54, 1.807) is 6.20 Å². The van der Waals surface area contributed by atoms with E-state index in [0.717, 1.165) is 66.1 Å². The fraction of sp³-hybridized carbons (Fsp3) is 0.233. The molecule has 1 aliphatic heterocycles. The number of thiazole rings is 1. The van der Waals surface area contributed by atoms with E-state index in [4.69, 9.17) is 9.72 Å². The highest BCUT2D eigenvalue weighted by atomic mass is 32.1. The van der Waals surface area contributed by atoms with Crippen molar-refractivity contribution in [2.24, 2.45) is 0 Å². The zero-order valence-corrected chi connectivity index (χ0v) is 22.1. The minimum Gasteiger partial charge on any atom is -0.379 e. The van der Waals surface area contributed by atoms with E-state index >= 15 is 0 Å². The predicted molar refractivity (Wildman–Crippen MR) is 153 cm³/mol. The predicted octanol–water partition coefficient (Wildman–Crippen LogP) is 5.72. The van der Waals surface area contributed by atoms with Crippen LogP contribution in [0, 0.1) is 6.92 Å². The zero-order valence-electron chi connectivity index (χ0n) is 21.3. The van der Waals surface area contributed by atoms with Crippen molar-refractivity contribution in [3.8, 4) is 22.6 Å². The highest BCUT2D eigenvalue weighted by molar-refractivity contribution is 7.13. The highest BCUT2D eigenvalue weighted by Crippen LogP contribution is 2.34. The average Bonchev–Trinajstić information content (AvgIpc) is 3.60. The van der Waals surface area contributed by atoms with Crippen LogP contribution < -0.4 is 5.32 Å². The minimum atomic E-state index is -0.212. The molecule has 0 bridgehead atoms. The molecule has 0 saturated carbocycles. The third kappa shape index (κ3) is 4.98. The van der Waals surface area contributed by atoms with Gasteiger partial charge in [0, 0.05) is 48.9 Å². The number of ether oxygens (including phenoxy) is 1. The highest BCUT2D eigenvalue weighted by Gasteiger charge is 2.27. The molecule has 6 rings (SSSR count). The molecule has 0 radical (unpaired) electrons. The molecule has 8 heteroatoms. The normalized spacial score (nSPS) is 14.1. The number of amides is 1. The molecule has 0 atom stereocenters. The van der Waals surface area contributed by atoms with Crippen molar-refractivity contribution < 1.29 is 9.53 Å². The monoisotopic (exact) mass is 523 g/mol. The van der Waals surface area contributed by atoms with Gasteiger partial charge in [0.2, 0.25) is 0 Å². The van der Waals surface area contributed by atoms with Gasteiger partial charge in [-0.05, 0) is 17.7 Å². The number of carbonyl (C=O) groups is 1. The Hall–Kier alpha value is -3.85. The number of imidazole rings is 1. The van der Waals surface area contributed by atoms with E-state index in [-0.39, 0.29) is 5.91 Å². The second kappa shape index (κ2) is 10.9. The molecule has 7 nitrogen and oxygen atoms in total. The van der Waals surface area contributed by atoms with Crippen molar-refractivity contribution in [1.29, 1.82) is 0 Å². The van der Waals surface area contributed by atoms with Crippen LogP contribution in [0.15, 0.2) is 78.3 Å². The molecule has 1 saturated heterocycles. The lowest BCUT2D eigenvalue weighted by molar-refractivity contribution is 0.0363. The maximum absolute atomic E-state index is 13.9. The van der Waals surface area contributed by atoms with Gasteiger partial charge in [0.15, 0.2) is 5.13 Å². The van der Waals surface area contributed by atoms with Crippen molar-refractivity contribution in [2.45, 2.75) is 13.5 Å². The summed E-state index contributed by atoms with van der Waals surface area (Å²) in [5.41, 5.74) is 4.28. The minimum absolute atomic E-state index is 0.212. The first-order valence-electron chi connectivity index (χ1n) is 12.8. The van der Waals surface area contributed by atoms with Crippen LogP contribution in [-0.4, -0.2) is 58.2 Å². The van der Waals surface area contributed by atoms with Gasteiger partial charge in [-0.15, -0.1) is 11.3 Å². The summed E-state index contributed by atoms with van der Waals surface area (Å²) in [5.74, 6) is 0.575. The number of benzene rings is 3. The Morgan fingerprint density at radius 2 is 1.79 bits per heavy atom. The number of nitrogens with zero attached hydrogens (tertiary/aromatic N) is 4. The van der Waals surface area contributed by atoms with E-state index in [1.165, 1.54) is 11.3 Å². The Balaban J connectivity index is 1.53. The number of fused-ring (bicyclic) bond motifs is 1. The van der Waals surface area contributed by atoms with Crippen molar-refractivity contribution in [3.63, 3.8) is 0 Å². The van der Waals surface area contributed by atoms with Gasteiger partial charge in [-0.3, -0.25) is 15.0 Å². The van der Waals surface area contributed by atoms with E-state index in [1.807, 2.05) is 29.6 Å². The van der Waals surface area contributed by atoms with Crippen LogP contribution in [0.5, 0.6) is 0 Å². The van der Waals surface area contributed by atoms with Gasteiger partial charge in [-0.1, -0.05) is 72.3 Å². The molecule has 1 fully saturated rings. The van der Waals surface area contributed by atoms with E-state index in [9.17, 15) is 4.79 Å². The summed E-state index contributed by atoms with van der Waals surface area (Å²) < 4.78 is 7.65. The molecule has 1 amide bonds. The van der Waals surface area contributed by atoms with Crippen LogP contribution in [-0.2, 0) is 11.3 Å². The second-order valence-electron chi connectivity index (χ2n) is 9.42. The van der Waals surface area contributed by atoms with Crippen LogP contribution in [0.2, 0.25) is 0 Å². The van der Waals surface area contributed by atoms with E-state index in [2.05, 4.69) is 69.2 Å². The molecule has 0 aliphatic carbocycles. The molecular weight excluding hydrogens is 494 g/mol. The third-order valence-electron chi connectivity index (χ3n) is 6.93. The Bertz CT molecular complexity index is 1550. The number of nitrogens with one attached hydrogen (secondary N) is 1. The number of hydrogen-bond donors (Lipinski definition) is 1. The van der Waals surface area contributed by atoms with Crippen LogP contribution >= 0.6 is 11.3 Å². The van der Waals surface area contributed by atoms with Crippen LogP contribution in [0.1, 0.15) is 16.1 Å². The smallest absolute Gasteiger partial charge is 0.276 e. The molecular formula is C30H29N5O2S.